The summed E-state index contributed by atoms with van der Waals surface area (Å²) in [6.45, 7) is 2.93. The summed E-state index contributed by atoms with van der Waals surface area (Å²) in [5.41, 5.74) is 0. The smallest absolute Gasteiger partial charge is 0.332 e. The lowest BCUT2D eigenvalue weighted by atomic mass is 10.0. The van der Waals surface area contributed by atoms with Gasteiger partial charge in [0.1, 0.15) is 0 Å². The van der Waals surface area contributed by atoms with Gasteiger partial charge in [-0.05, 0) is 26.2 Å². The van der Waals surface area contributed by atoms with Gasteiger partial charge in [-0.25, -0.2) is 9.59 Å². The molecule has 6 nitrogen and oxygen atoms in total. The van der Waals surface area contributed by atoms with Crippen LogP contribution >= 0.6 is 0 Å². The van der Waals surface area contributed by atoms with Crippen molar-refractivity contribution in [2.45, 2.75) is 44.8 Å². The first kappa shape index (κ1) is 13.8. The van der Waals surface area contributed by atoms with Crippen molar-refractivity contribution >= 4 is 12.0 Å². The Balaban J connectivity index is 2.26. The van der Waals surface area contributed by atoms with Gasteiger partial charge in [0.15, 0.2) is 6.10 Å². The molecule has 1 aliphatic heterocycles. The second-order valence-electron chi connectivity index (χ2n) is 4.41. The van der Waals surface area contributed by atoms with Crippen molar-refractivity contribution in [1.29, 1.82) is 0 Å². The number of carbonyl (C=O) groups is 2. The van der Waals surface area contributed by atoms with E-state index in [2.05, 4.69) is 5.32 Å². The number of carboxylic acid groups (broad SMARTS) is 1. The third-order valence-corrected chi connectivity index (χ3v) is 3.04. The maximum Gasteiger partial charge on any atom is 0.332 e. The van der Waals surface area contributed by atoms with Gasteiger partial charge in [-0.2, -0.15) is 0 Å². The van der Waals surface area contributed by atoms with E-state index in [0.29, 0.717) is 0 Å². The summed E-state index contributed by atoms with van der Waals surface area (Å²) in [5, 5.41) is 20.1. The number of nitrogens with one attached hydrogen (secondary N) is 1. The third-order valence-electron chi connectivity index (χ3n) is 3.04. The molecule has 1 fully saturated rings. The summed E-state index contributed by atoms with van der Waals surface area (Å²) in [6.07, 6.45) is 1.78. The first-order valence-corrected chi connectivity index (χ1v) is 5.97. The summed E-state index contributed by atoms with van der Waals surface area (Å²) in [7, 11) is 0. The van der Waals surface area contributed by atoms with E-state index in [0.717, 1.165) is 25.8 Å². The second kappa shape index (κ2) is 6.44. The number of nitrogens with zero attached hydrogens (tertiary/aromatic N) is 1. The largest absolute Gasteiger partial charge is 0.479 e. The highest BCUT2D eigenvalue weighted by Gasteiger charge is 2.23. The molecule has 0 spiro atoms. The lowest BCUT2D eigenvalue weighted by molar-refractivity contribution is -0.146. The maximum atomic E-state index is 11.7. The van der Waals surface area contributed by atoms with E-state index in [1.54, 1.807) is 4.90 Å². The van der Waals surface area contributed by atoms with E-state index >= 15 is 0 Å². The van der Waals surface area contributed by atoms with Crippen LogP contribution in [-0.4, -0.2) is 52.3 Å². The Hall–Kier alpha value is -1.30. The minimum Gasteiger partial charge on any atom is -0.479 e. The van der Waals surface area contributed by atoms with Crippen molar-refractivity contribution in [2.24, 2.45) is 0 Å². The molecule has 2 amide bonds. The number of hydrogen-bond donors (Lipinski definition) is 3. The molecule has 2 atom stereocenters. The number of carboxylic acids is 1. The van der Waals surface area contributed by atoms with E-state index in [4.69, 9.17) is 10.2 Å². The van der Waals surface area contributed by atoms with E-state index in [-0.39, 0.29) is 25.0 Å². The van der Waals surface area contributed by atoms with Gasteiger partial charge < -0.3 is 20.4 Å². The molecule has 1 rings (SSSR count). The van der Waals surface area contributed by atoms with Gasteiger partial charge in [0.05, 0.1) is 0 Å². The van der Waals surface area contributed by atoms with Crippen LogP contribution in [0.2, 0.25) is 0 Å². The van der Waals surface area contributed by atoms with Crippen molar-refractivity contribution in [2.75, 3.05) is 13.1 Å². The van der Waals surface area contributed by atoms with Crippen molar-refractivity contribution in [3.05, 3.63) is 0 Å². The fraction of sp³-hybridized carbons (Fsp3) is 0.818. The Morgan fingerprint density at radius 2 is 2.18 bits per heavy atom. The molecule has 0 aromatic carbocycles. The topological polar surface area (TPSA) is 89.9 Å². The summed E-state index contributed by atoms with van der Waals surface area (Å²) in [6, 6.07) is 0.0583. The zero-order valence-electron chi connectivity index (χ0n) is 10.1. The number of carbonyl (C=O) groups excluding carboxylic acids is 1. The van der Waals surface area contributed by atoms with Gasteiger partial charge in [-0.3, -0.25) is 0 Å². The fourth-order valence-electron chi connectivity index (χ4n) is 1.94. The molecule has 98 valence electrons. The molecule has 0 aliphatic carbocycles. The molecule has 17 heavy (non-hydrogen) atoms. The molecule has 6 heteroatoms. The van der Waals surface area contributed by atoms with Crippen LogP contribution in [0.25, 0.3) is 0 Å². The molecule has 1 aliphatic rings. The molecule has 0 aromatic heterocycles. The van der Waals surface area contributed by atoms with Gasteiger partial charge in [0, 0.05) is 25.6 Å². The van der Waals surface area contributed by atoms with E-state index < -0.39 is 12.1 Å². The molecule has 0 aromatic rings. The number of aliphatic hydroxyl groups excluding tert-OH is 1. The average molecular weight is 244 g/mol. The van der Waals surface area contributed by atoms with Gasteiger partial charge in [-0.15, -0.1) is 0 Å². The number of aliphatic hydroxyl groups is 1. The van der Waals surface area contributed by atoms with Crippen LogP contribution in [0.3, 0.4) is 0 Å². The fourth-order valence-corrected chi connectivity index (χ4v) is 1.94. The van der Waals surface area contributed by atoms with Crippen molar-refractivity contribution in [3.63, 3.8) is 0 Å². The van der Waals surface area contributed by atoms with Crippen LogP contribution in [0.1, 0.15) is 32.6 Å². The summed E-state index contributed by atoms with van der Waals surface area (Å²) < 4.78 is 0. The summed E-state index contributed by atoms with van der Waals surface area (Å²) in [4.78, 5) is 23.9. The lowest BCUT2D eigenvalue weighted by Gasteiger charge is -2.33. The predicted octanol–water partition coefficient (Wildman–Crippen LogP) is 0.406. The highest BCUT2D eigenvalue weighted by atomic mass is 16.4. The van der Waals surface area contributed by atoms with Crippen molar-refractivity contribution in [3.8, 4) is 0 Å². The maximum absolute atomic E-state index is 11.7. The second-order valence-corrected chi connectivity index (χ2v) is 4.41. The van der Waals surface area contributed by atoms with E-state index in [9.17, 15) is 9.59 Å². The van der Waals surface area contributed by atoms with Gasteiger partial charge in [0.2, 0.25) is 0 Å². The van der Waals surface area contributed by atoms with Crippen LogP contribution in [0.4, 0.5) is 4.79 Å². The average Bonchev–Trinajstić information content (AvgIpc) is 2.29. The number of rotatable bonds is 4. The quantitative estimate of drug-likeness (QED) is 0.668. The van der Waals surface area contributed by atoms with Crippen LogP contribution in [0, 0.1) is 0 Å². The van der Waals surface area contributed by atoms with Crippen molar-refractivity contribution < 1.29 is 19.8 Å². The van der Waals surface area contributed by atoms with Crippen LogP contribution in [-0.2, 0) is 4.79 Å². The van der Waals surface area contributed by atoms with Gasteiger partial charge in [-0.1, -0.05) is 0 Å². The van der Waals surface area contributed by atoms with Crippen LogP contribution in [0.5, 0.6) is 0 Å². The molecule has 0 saturated carbocycles. The third kappa shape index (κ3) is 4.22. The SMILES string of the molecule is CC1CCCCN1C(=O)NCC[C@H](O)C(=O)O. The van der Waals surface area contributed by atoms with Crippen molar-refractivity contribution in [1.82, 2.24) is 10.2 Å². The Labute approximate surface area is 101 Å². The zero-order valence-corrected chi connectivity index (χ0v) is 10.1. The standard InChI is InChI=1S/C11H20N2O4/c1-8-4-2-3-7-13(8)11(17)12-6-5-9(14)10(15)16/h8-9,14H,2-7H2,1H3,(H,12,17)(H,15,16)/t8?,9-/m0/s1. The van der Waals surface area contributed by atoms with Gasteiger partial charge in [0.25, 0.3) is 0 Å². The molecule has 3 N–H and O–H groups in total. The number of piperidine rings is 1. The van der Waals surface area contributed by atoms with E-state index in [1.165, 1.54) is 0 Å². The minimum absolute atomic E-state index is 0.0310. The Morgan fingerprint density at radius 1 is 1.47 bits per heavy atom. The van der Waals surface area contributed by atoms with Crippen LogP contribution in [0.15, 0.2) is 0 Å². The molecule has 1 unspecified atom stereocenters. The highest BCUT2D eigenvalue weighted by molar-refractivity contribution is 5.75. The Morgan fingerprint density at radius 3 is 2.76 bits per heavy atom. The normalized spacial score (nSPS) is 22.0. The molecule has 0 radical (unpaired) electrons. The summed E-state index contributed by atoms with van der Waals surface area (Å²) in [5.74, 6) is -1.26. The summed E-state index contributed by atoms with van der Waals surface area (Å²) >= 11 is 0. The minimum atomic E-state index is -1.41. The predicted molar refractivity (Wildman–Crippen MR) is 61.7 cm³/mol. The van der Waals surface area contributed by atoms with Crippen LogP contribution < -0.4 is 5.32 Å². The molecule has 1 heterocycles. The Kier molecular flexibility index (Phi) is 5.21. The number of amides is 2. The Bertz CT molecular complexity index is 283. The zero-order chi connectivity index (χ0) is 12.8. The number of likely N-dealkylation sites (tertiary alicyclic amines) is 1. The van der Waals surface area contributed by atoms with Gasteiger partial charge >= 0.3 is 12.0 Å². The number of hydrogen-bond acceptors (Lipinski definition) is 3. The van der Waals surface area contributed by atoms with E-state index in [1.807, 2.05) is 6.92 Å². The molecule has 0 bridgehead atoms. The molecule has 1 saturated heterocycles. The number of urea groups is 1. The lowest BCUT2D eigenvalue weighted by Crippen LogP contribution is -2.48. The monoisotopic (exact) mass is 244 g/mol. The first-order valence-electron chi connectivity index (χ1n) is 5.97. The molecular weight excluding hydrogens is 224 g/mol. The first-order chi connectivity index (χ1) is 8.02. The molecular formula is C11H20N2O4. The number of aliphatic carboxylic acids is 1. The highest BCUT2D eigenvalue weighted by Crippen LogP contribution is 2.15.